The number of aliphatic hydroxyl groups is 3. The standard InChI is InChI=1S/C11H13BrN2O6/c12-8-1-7(2-9(3-8)14(19)20)10(18)13-11(4-15,5-16)6-17/h1-3,15-17H,4-6H2,(H,13,18). The highest BCUT2D eigenvalue weighted by molar-refractivity contribution is 9.10. The van der Waals surface area contributed by atoms with Crippen LogP contribution in [-0.2, 0) is 0 Å². The Morgan fingerprint density at radius 3 is 2.25 bits per heavy atom. The van der Waals surface area contributed by atoms with Gasteiger partial charge >= 0.3 is 0 Å². The molecule has 1 amide bonds. The van der Waals surface area contributed by atoms with Crippen molar-refractivity contribution in [3.8, 4) is 0 Å². The highest BCUT2D eigenvalue weighted by Gasteiger charge is 2.30. The fourth-order valence-corrected chi connectivity index (χ4v) is 1.87. The Kier molecular flexibility index (Phi) is 5.57. The van der Waals surface area contributed by atoms with Gasteiger partial charge in [0.2, 0.25) is 0 Å². The van der Waals surface area contributed by atoms with Crippen molar-refractivity contribution in [2.24, 2.45) is 0 Å². The average Bonchev–Trinajstić information content (AvgIpc) is 2.44. The molecule has 0 aliphatic carbocycles. The largest absolute Gasteiger partial charge is 0.394 e. The third kappa shape index (κ3) is 3.73. The van der Waals surface area contributed by atoms with Gasteiger partial charge in [0.15, 0.2) is 0 Å². The van der Waals surface area contributed by atoms with E-state index in [-0.39, 0.29) is 11.3 Å². The first kappa shape index (κ1) is 16.5. The molecule has 20 heavy (non-hydrogen) atoms. The number of nitrogens with zero attached hydrogens (tertiary/aromatic N) is 1. The molecule has 0 saturated carbocycles. The normalized spacial score (nSPS) is 11.2. The van der Waals surface area contributed by atoms with Crippen LogP contribution in [0.1, 0.15) is 10.4 Å². The summed E-state index contributed by atoms with van der Waals surface area (Å²) < 4.78 is 0.333. The van der Waals surface area contributed by atoms with Crippen molar-refractivity contribution in [2.45, 2.75) is 5.54 Å². The summed E-state index contributed by atoms with van der Waals surface area (Å²) in [5.41, 5.74) is -1.91. The minimum atomic E-state index is -1.59. The Balaban J connectivity index is 3.06. The summed E-state index contributed by atoms with van der Waals surface area (Å²) in [7, 11) is 0. The highest BCUT2D eigenvalue weighted by Crippen LogP contribution is 2.21. The Morgan fingerprint density at radius 2 is 1.80 bits per heavy atom. The summed E-state index contributed by atoms with van der Waals surface area (Å²) in [6.07, 6.45) is 0. The lowest BCUT2D eigenvalue weighted by Crippen LogP contribution is -2.57. The van der Waals surface area contributed by atoms with Gasteiger partial charge in [-0.25, -0.2) is 0 Å². The molecule has 0 unspecified atom stereocenters. The number of benzene rings is 1. The topological polar surface area (TPSA) is 133 Å². The number of hydrogen-bond donors (Lipinski definition) is 4. The molecule has 0 atom stereocenters. The molecule has 0 aliphatic rings. The van der Waals surface area contributed by atoms with Crippen LogP contribution in [0.5, 0.6) is 0 Å². The van der Waals surface area contributed by atoms with E-state index in [2.05, 4.69) is 21.2 Å². The number of nitrogens with one attached hydrogen (secondary N) is 1. The van der Waals surface area contributed by atoms with Gasteiger partial charge in [0.1, 0.15) is 5.54 Å². The van der Waals surface area contributed by atoms with Crippen LogP contribution in [0.3, 0.4) is 0 Å². The zero-order valence-corrected chi connectivity index (χ0v) is 11.8. The highest BCUT2D eigenvalue weighted by atomic mass is 79.9. The zero-order valence-electron chi connectivity index (χ0n) is 10.2. The van der Waals surface area contributed by atoms with Gasteiger partial charge in [-0.3, -0.25) is 14.9 Å². The van der Waals surface area contributed by atoms with E-state index in [1.807, 2.05) is 0 Å². The fourth-order valence-electron chi connectivity index (χ4n) is 1.39. The fraction of sp³-hybridized carbons (Fsp3) is 0.364. The van der Waals surface area contributed by atoms with Crippen LogP contribution in [0.25, 0.3) is 0 Å². The number of nitro benzene ring substituents is 1. The lowest BCUT2D eigenvalue weighted by atomic mass is 10.0. The zero-order chi connectivity index (χ0) is 15.3. The quantitative estimate of drug-likeness (QED) is 0.415. The third-order valence-electron chi connectivity index (χ3n) is 2.64. The minimum absolute atomic E-state index is 0.0363. The molecular formula is C11H13BrN2O6. The maximum atomic E-state index is 12.0. The van der Waals surface area contributed by atoms with Crippen molar-refractivity contribution < 1.29 is 25.0 Å². The molecule has 0 bridgehead atoms. The molecule has 0 heterocycles. The summed E-state index contributed by atoms with van der Waals surface area (Å²) in [4.78, 5) is 22.0. The number of rotatable bonds is 6. The molecule has 0 saturated heterocycles. The van der Waals surface area contributed by atoms with E-state index in [4.69, 9.17) is 15.3 Å². The van der Waals surface area contributed by atoms with Gasteiger partial charge in [-0.1, -0.05) is 15.9 Å². The first-order chi connectivity index (χ1) is 9.37. The molecule has 0 aromatic heterocycles. The van der Waals surface area contributed by atoms with E-state index in [0.29, 0.717) is 4.47 Å². The van der Waals surface area contributed by atoms with Crippen molar-refractivity contribution in [3.63, 3.8) is 0 Å². The molecule has 0 fully saturated rings. The molecule has 1 aromatic rings. The molecule has 1 aromatic carbocycles. The summed E-state index contributed by atoms with van der Waals surface area (Å²) >= 11 is 3.05. The number of non-ortho nitro benzene ring substituents is 1. The first-order valence-electron chi connectivity index (χ1n) is 5.47. The summed E-state index contributed by atoms with van der Waals surface area (Å²) in [5.74, 6) is -0.758. The van der Waals surface area contributed by atoms with Crippen LogP contribution in [0.4, 0.5) is 5.69 Å². The molecule has 0 radical (unpaired) electrons. The van der Waals surface area contributed by atoms with Gasteiger partial charge in [0.25, 0.3) is 11.6 Å². The Hall–Kier alpha value is -1.55. The van der Waals surface area contributed by atoms with Gasteiger partial charge < -0.3 is 20.6 Å². The number of nitro groups is 1. The van der Waals surface area contributed by atoms with Crippen LogP contribution < -0.4 is 5.32 Å². The number of hydrogen-bond acceptors (Lipinski definition) is 6. The SMILES string of the molecule is O=C(NC(CO)(CO)CO)c1cc(Br)cc([N+](=O)[O-])c1. The van der Waals surface area contributed by atoms with E-state index in [1.165, 1.54) is 12.1 Å². The Bertz CT molecular complexity index is 509. The Morgan fingerprint density at radius 1 is 1.25 bits per heavy atom. The van der Waals surface area contributed by atoms with Crippen LogP contribution in [0.15, 0.2) is 22.7 Å². The lowest BCUT2D eigenvalue weighted by molar-refractivity contribution is -0.385. The molecule has 4 N–H and O–H groups in total. The maximum absolute atomic E-state index is 12.0. The van der Waals surface area contributed by atoms with Crippen molar-refractivity contribution in [1.82, 2.24) is 5.32 Å². The molecular weight excluding hydrogens is 336 g/mol. The molecule has 1 rings (SSSR count). The molecule has 8 nitrogen and oxygen atoms in total. The van der Waals surface area contributed by atoms with Gasteiger partial charge in [-0.05, 0) is 6.07 Å². The second-order valence-electron chi connectivity index (χ2n) is 4.16. The van der Waals surface area contributed by atoms with Crippen molar-refractivity contribution >= 4 is 27.5 Å². The second-order valence-corrected chi connectivity index (χ2v) is 5.08. The van der Waals surface area contributed by atoms with Crippen molar-refractivity contribution in [2.75, 3.05) is 19.8 Å². The van der Waals surface area contributed by atoms with Crippen LogP contribution in [0.2, 0.25) is 0 Å². The number of halogens is 1. The number of carbonyl (C=O) groups is 1. The van der Waals surface area contributed by atoms with E-state index in [1.54, 1.807) is 0 Å². The molecule has 0 spiro atoms. The molecule has 110 valence electrons. The monoisotopic (exact) mass is 348 g/mol. The number of carbonyl (C=O) groups excluding carboxylic acids is 1. The maximum Gasteiger partial charge on any atom is 0.271 e. The molecule has 9 heteroatoms. The average molecular weight is 349 g/mol. The van der Waals surface area contributed by atoms with E-state index in [0.717, 1.165) is 6.07 Å². The van der Waals surface area contributed by atoms with Crippen LogP contribution >= 0.6 is 15.9 Å². The van der Waals surface area contributed by atoms with Crippen molar-refractivity contribution in [3.05, 3.63) is 38.3 Å². The van der Waals surface area contributed by atoms with E-state index < -0.39 is 36.2 Å². The van der Waals surface area contributed by atoms with Gasteiger partial charge in [0, 0.05) is 22.2 Å². The van der Waals surface area contributed by atoms with Gasteiger partial charge in [0.05, 0.1) is 24.7 Å². The third-order valence-corrected chi connectivity index (χ3v) is 3.10. The predicted octanol–water partition coefficient (Wildman–Crippen LogP) is -0.197. The molecule has 0 aliphatic heterocycles. The summed E-state index contributed by atoms with van der Waals surface area (Å²) in [6.45, 7) is -2.04. The van der Waals surface area contributed by atoms with E-state index >= 15 is 0 Å². The van der Waals surface area contributed by atoms with E-state index in [9.17, 15) is 14.9 Å². The number of aliphatic hydroxyl groups excluding tert-OH is 3. The van der Waals surface area contributed by atoms with Crippen LogP contribution in [-0.4, -0.2) is 51.5 Å². The number of amides is 1. The predicted molar refractivity (Wildman–Crippen MR) is 72.3 cm³/mol. The smallest absolute Gasteiger partial charge is 0.271 e. The summed E-state index contributed by atoms with van der Waals surface area (Å²) in [5, 5.41) is 40.3. The van der Waals surface area contributed by atoms with Gasteiger partial charge in [-0.2, -0.15) is 0 Å². The van der Waals surface area contributed by atoms with Gasteiger partial charge in [-0.15, -0.1) is 0 Å². The summed E-state index contributed by atoms with van der Waals surface area (Å²) in [6, 6.07) is 3.63. The Labute approximate surface area is 122 Å². The first-order valence-corrected chi connectivity index (χ1v) is 6.27. The minimum Gasteiger partial charge on any atom is -0.394 e. The van der Waals surface area contributed by atoms with Crippen molar-refractivity contribution in [1.29, 1.82) is 0 Å². The second kappa shape index (κ2) is 6.75. The lowest BCUT2D eigenvalue weighted by Gasteiger charge is -2.28. The van der Waals surface area contributed by atoms with Crippen LogP contribution in [0, 0.1) is 10.1 Å².